The van der Waals surface area contributed by atoms with Gasteiger partial charge in [-0.1, -0.05) is 60.7 Å². The molecule has 0 saturated carbocycles. The van der Waals surface area contributed by atoms with Gasteiger partial charge < -0.3 is 10.1 Å². The fourth-order valence-corrected chi connectivity index (χ4v) is 3.38. The lowest BCUT2D eigenvalue weighted by Gasteiger charge is -2.05. The second kappa shape index (κ2) is 10.1. The van der Waals surface area contributed by atoms with Crippen LogP contribution >= 0.6 is 0 Å². The Kier molecular flexibility index (Phi) is 6.62. The van der Waals surface area contributed by atoms with Gasteiger partial charge in [0.25, 0.3) is 5.91 Å². The van der Waals surface area contributed by atoms with Crippen molar-refractivity contribution in [2.75, 3.05) is 7.11 Å². The second-order valence-electron chi connectivity index (χ2n) is 7.28. The first-order chi connectivity index (χ1) is 16.2. The molecule has 6 heteroatoms. The minimum absolute atomic E-state index is 0.00249. The van der Waals surface area contributed by atoms with Gasteiger partial charge in [-0.25, -0.2) is 4.68 Å². The molecule has 4 rings (SSSR count). The minimum atomic E-state index is -0.439. The van der Waals surface area contributed by atoms with Crippen LogP contribution in [0.15, 0.2) is 96.7 Å². The molecule has 0 bridgehead atoms. The fourth-order valence-electron chi connectivity index (χ4n) is 3.38. The molecule has 0 aliphatic carbocycles. The van der Waals surface area contributed by atoms with E-state index in [9.17, 15) is 10.1 Å². The molecule has 162 valence electrons. The normalized spacial score (nSPS) is 11.0. The van der Waals surface area contributed by atoms with Crippen molar-refractivity contribution in [2.24, 2.45) is 0 Å². The van der Waals surface area contributed by atoms with Crippen LogP contribution in [0.4, 0.5) is 0 Å². The van der Waals surface area contributed by atoms with Crippen LogP contribution in [0.3, 0.4) is 0 Å². The fraction of sp³-hybridized carbons (Fsp3) is 0.0741. The Bertz CT molecular complexity index is 1320. The van der Waals surface area contributed by atoms with E-state index in [4.69, 9.17) is 9.84 Å². The van der Waals surface area contributed by atoms with Crippen LogP contribution in [-0.2, 0) is 11.3 Å². The van der Waals surface area contributed by atoms with Gasteiger partial charge in [0, 0.05) is 23.9 Å². The molecule has 6 nitrogen and oxygen atoms in total. The number of hydrogen-bond acceptors (Lipinski definition) is 4. The molecule has 0 radical (unpaired) electrons. The molecular weight excluding hydrogens is 412 g/mol. The van der Waals surface area contributed by atoms with Crippen molar-refractivity contribution >= 4 is 12.0 Å². The number of nitriles is 1. The quantitative estimate of drug-likeness (QED) is 0.336. The lowest BCUT2D eigenvalue weighted by molar-refractivity contribution is -0.117. The van der Waals surface area contributed by atoms with Gasteiger partial charge in [0.05, 0.1) is 12.8 Å². The van der Waals surface area contributed by atoms with E-state index in [1.165, 1.54) is 0 Å². The summed E-state index contributed by atoms with van der Waals surface area (Å²) in [6, 6.07) is 28.8. The second-order valence-corrected chi connectivity index (χ2v) is 7.28. The molecule has 1 amide bonds. The lowest BCUT2D eigenvalue weighted by Crippen LogP contribution is -2.23. The maximum absolute atomic E-state index is 12.7. The van der Waals surface area contributed by atoms with Gasteiger partial charge >= 0.3 is 0 Å². The Labute approximate surface area is 192 Å². The van der Waals surface area contributed by atoms with E-state index in [0.717, 1.165) is 16.8 Å². The molecule has 0 unspecified atom stereocenters. The number of para-hydroxylation sites is 1. The van der Waals surface area contributed by atoms with Gasteiger partial charge in [-0.3, -0.25) is 4.79 Å². The topological polar surface area (TPSA) is 79.9 Å². The van der Waals surface area contributed by atoms with Crippen molar-refractivity contribution in [1.29, 1.82) is 5.26 Å². The van der Waals surface area contributed by atoms with Crippen LogP contribution in [0.25, 0.3) is 23.0 Å². The number of nitrogens with zero attached hydrogens (tertiary/aromatic N) is 3. The average Bonchev–Trinajstić information content (AvgIpc) is 3.31. The first-order valence-corrected chi connectivity index (χ1v) is 10.4. The van der Waals surface area contributed by atoms with Crippen LogP contribution < -0.4 is 10.1 Å². The maximum Gasteiger partial charge on any atom is 0.262 e. The summed E-state index contributed by atoms with van der Waals surface area (Å²) in [5, 5.41) is 17.2. The summed E-state index contributed by atoms with van der Waals surface area (Å²) in [6.45, 7) is 0.338. The Hall–Kier alpha value is -4.63. The summed E-state index contributed by atoms with van der Waals surface area (Å²) in [5.41, 5.74) is 3.94. The summed E-state index contributed by atoms with van der Waals surface area (Å²) in [4.78, 5) is 12.7. The van der Waals surface area contributed by atoms with E-state index >= 15 is 0 Å². The summed E-state index contributed by atoms with van der Waals surface area (Å²) < 4.78 is 7.09. The zero-order valence-electron chi connectivity index (χ0n) is 18.1. The maximum atomic E-state index is 12.7. The third kappa shape index (κ3) is 5.17. The van der Waals surface area contributed by atoms with Gasteiger partial charge in [-0.05, 0) is 35.9 Å². The summed E-state index contributed by atoms with van der Waals surface area (Å²) in [5.74, 6) is 0.253. The molecule has 1 heterocycles. The zero-order chi connectivity index (χ0) is 23.0. The monoisotopic (exact) mass is 434 g/mol. The van der Waals surface area contributed by atoms with E-state index in [-0.39, 0.29) is 5.57 Å². The number of carbonyl (C=O) groups excluding carboxylic acids is 1. The van der Waals surface area contributed by atoms with Crippen molar-refractivity contribution in [3.8, 4) is 28.8 Å². The number of ether oxygens (including phenoxy) is 1. The lowest BCUT2D eigenvalue weighted by atomic mass is 10.1. The molecule has 0 fully saturated rings. The molecule has 0 spiro atoms. The van der Waals surface area contributed by atoms with Gasteiger partial charge in [0.15, 0.2) is 0 Å². The third-order valence-corrected chi connectivity index (χ3v) is 5.07. The predicted molar refractivity (Wildman–Crippen MR) is 127 cm³/mol. The third-order valence-electron chi connectivity index (χ3n) is 5.07. The number of methoxy groups -OCH3 is 1. The van der Waals surface area contributed by atoms with Gasteiger partial charge in [-0.15, -0.1) is 0 Å². The average molecular weight is 434 g/mol. The van der Waals surface area contributed by atoms with Crippen molar-refractivity contribution in [2.45, 2.75) is 6.54 Å². The number of hydrogen-bond donors (Lipinski definition) is 1. The van der Waals surface area contributed by atoms with Crippen molar-refractivity contribution in [1.82, 2.24) is 15.1 Å². The van der Waals surface area contributed by atoms with Crippen molar-refractivity contribution in [3.63, 3.8) is 0 Å². The number of benzene rings is 3. The predicted octanol–water partition coefficient (Wildman–Crippen LogP) is 4.77. The SMILES string of the molecule is COc1cccc(-c2nn(-c3ccccc3)cc2/C=C(/C#N)C(=O)NCc2ccccc2)c1. The number of nitrogens with one attached hydrogen (secondary N) is 1. The van der Waals surface area contributed by atoms with Crippen LogP contribution in [0.2, 0.25) is 0 Å². The number of carbonyl (C=O) groups is 1. The molecule has 0 aliphatic heterocycles. The largest absolute Gasteiger partial charge is 0.497 e. The number of amides is 1. The molecule has 3 aromatic carbocycles. The Morgan fingerprint density at radius 1 is 1.06 bits per heavy atom. The summed E-state index contributed by atoms with van der Waals surface area (Å²) in [7, 11) is 1.60. The van der Waals surface area contributed by atoms with Crippen LogP contribution in [0.5, 0.6) is 5.75 Å². The van der Waals surface area contributed by atoms with E-state index in [1.54, 1.807) is 17.9 Å². The molecule has 0 aliphatic rings. The molecule has 0 saturated heterocycles. The van der Waals surface area contributed by atoms with Crippen molar-refractivity contribution in [3.05, 3.63) is 108 Å². The molecule has 0 atom stereocenters. The van der Waals surface area contributed by atoms with Crippen LogP contribution in [0.1, 0.15) is 11.1 Å². The molecular formula is C27H22N4O2. The summed E-state index contributed by atoms with van der Waals surface area (Å²) >= 11 is 0. The van der Waals surface area contributed by atoms with Crippen LogP contribution in [-0.4, -0.2) is 22.8 Å². The Morgan fingerprint density at radius 3 is 2.48 bits per heavy atom. The Balaban J connectivity index is 1.71. The standard InChI is InChI=1S/C27H22N4O2/c1-33-25-14-8-11-21(16-25)26-23(19-31(30-26)24-12-6-3-7-13-24)15-22(17-28)27(32)29-18-20-9-4-2-5-10-20/h2-16,19H,18H2,1H3,(H,29,32)/b22-15-. The molecule has 1 aromatic heterocycles. The number of aromatic nitrogens is 2. The minimum Gasteiger partial charge on any atom is -0.497 e. The molecule has 33 heavy (non-hydrogen) atoms. The van der Waals surface area contributed by atoms with E-state index in [1.807, 2.05) is 97.2 Å². The highest BCUT2D eigenvalue weighted by Gasteiger charge is 2.15. The van der Waals surface area contributed by atoms with Crippen molar-refractivity contribution < 1.29 is 9.53 Å². The van der Waals surface area contributed by atoms with Crippen LogP contribution in [0, 0.1) is 11.3 Å². The van der Waals surface area contributed by atoms with E-state index in [0.29, 0.717) is 23.6 Å². The smallest absolute Gasteiger partial charge is 0.262 e. The van der Waals surface area contributed by atoms with Gasteiger partial charge in [-0.2, -0.15) is 10.4 Å². The first-order valence-electron chi connectivity index (χ1n) is 10.4. The highest BCUT2D eigenvalue weighted by molar-refractivity contribution is 6.02. The highest BCUT2D eigenvalue weighted by Crippen LogP contribution is 2.28. The molecule has 1 N–H and O–H groups in total. The van der Waals surface area contributed by atoms with E-state index < -0.39 is 5.91 Å². The zero-order valence-corrected chi connectivity index (χ0v) is 18.1. The Morgan fingerprint density at radius 2 is 1.79 bits per heavy atom. The van der Waals surface area contributed by atoms with Gasteiger partial charge in [0.1, 0.15) is 23.1 Å². The highest BCUT2D eigenvalue weighted by atomic mass is 16.5. The summed E-state index contributed by atoms with van der Waals surface area (Å²) in [6.07, 6.45) is 3.38. The van der Waals surface area contributed by atoms with E-state index in [2.05, 4.69) is 5.32 Å². The molecule has 4 aromatic rings. The first kappa shape index (κ1) is 21.6. The van der Waals surface area contributed by atoms with Gasteiger partial charge in [0.2, 0.25) is 0 Å². The number of rotatable bonds is 7.